The molecule has 0 aliphatic carbocycles. The van der Waals surface area contributed by atoms with Crippen LogP contribution in [0.15, 0.2) is 6.07 Å². The van der Waals surface area contributed by atoms with Gasteiger partial charge in [0.25, 0.3) is 0 Å². The van der Waals surface area contributed by atoms with Gasteiger partial charge in [-0.1, -0.05) is 0 Å². The van der Waals surface area contributed by atoms with Crippen LogP contribution < -0.4 is 3.28 Å². The zero-order valence-electron chi connectivity index (χ0n) is 6.11. The third-order valence-electron chi connectivity index (χ3n) is 1.13. The molecule has 1 rings (SSSR count). The Labute approximate surface area is 82.0 Å². The number of carboxylic acids is 1. The summed E-state index contributed by atoms with van der Waals surface area (Å²) in [4.78, 5) is 15.2. The van der Waals surface area contributed by atoms with Gasteiger partial charge in [0.05, 0.1) is 30.0 Å². The lowest BCUT2D eigenvalue weighted by Gasteiger charge is -2.07. The maximum Gasteiger partial charge on any atom is 0.356 e. The normalized spacial score (nSPS) is 9.83. The number of H-pyrrole nitrogens is 1. The van der Waals surface area contributed by atoms with Gasteiger partial charge in [0.2, 0.25) is 0 Å². The summed E-state index contributed by atoms with van der Waals surface area (Å²) in [7, 11) is 1.47. The monoisotopic (exact) mass is 283 g/mol. The van der Waals surface area contributed by atoms with E-state index in [2.05, 4.69) is 10.2 Å². The first-order valence-electron chi connectivity index (χ1n) is 2.94. The van der Waals surface area contributed by atoms with Crippen LogP contribution >= 0.6 is 22.9 Å². The van der Waals surface area contributed by atoms with Gasteiger partial charge in [-0.2, -0.15) is 8.38 Å². The summed E-state index contributed by atoms with van der Waals surface area (Å²) in [6, 6.07) is 1.37. The van der Waals surface area contributed by atoms with Crippen molar-refractivity contribution in [2.75, 3.05) is 10.4 Å². The molecule has 0 amide bonds. The summed E-state index contributed by atoms with van der Waals surface area (Å²) in [5.74, 6) is -0.589. The Hall–Kier alpha value is -0.830. The number of aromatic carboxylic acids is 1. The molecule has 0 bridgehead atoms. The van der Waals surface area contributed by atoms with E-state index in [4.69, 9.17) is 9.94 Å². The number of nitrogens with one attached hydrogen (secondary N) is 1. The molecule has 6 nitrogen and oxygen atoms in total. The Balaban J connectivity index is 2.84. The van der Waals surface area contributed by atoms with E-state index < -0.39 is 5.97 Å². The molecule has 1 aromatic rings. The first kappa shape index (κ1) is 9.26. The number of hydrogen-bond donors (Lipinski definition) is 2. The van der Waals surface area contributed by atoms with Crippen LogP contribution in [-0.4, -0.2) is 28.4 Å². The predicted molar refractivity (Wildman–Crippen MR) is 49.1 cm³/mol. The van der Waals surface area contributed by atoms with Crippen LogP contribution in [0.5, 0.6) is 0 Å². The van der Waals surface area contributed by atoms with Crippen LogP contribution in [0.3, 0.4) is 0 Å². The number of carboxylic acid groups (broad SMARTS) is 1. The molecule has 0 aliphatic heterocycles. The van der Waals surface area contributed by atoms with Crippen LogP contribution in [0.1, 0.15) is 10.5 Å². The number of anilines is 1. The van der Waals surface area contributed by atoms with Crippen molar-refractivity contribution in [3.8, 4) is 0 Å². The molecule has 0 spiro atoms. The molecule has 2 N–H and O–H groups in total. The highest BCUT2D eigenvalue weighted by molar-refractivity contribution is 14.1. The lowest BCUT2D eigenvalue weighted by Crippen LogP contribution is -2.06. The molecule has 7 heteroatoms. The molecule has 0 unspecified atom stereocenters. The zero-order valence-corrected chi connectivity index (χ0v) is 8.27. The third kappa shape index (κ3) is 1.85. The minimum absolute atomic E-state index is 0.0382. The second-order valence-corrected chi connectivity index (χ2v) is 2.75. The molecule has 0 radical (unpaired) electrons. The largest absolute Gasteiger partial charge is 0.476 e. The highest BCUT2D eigenvalue weighted by Crippen LogP contribution is 2.15. The van der Waals surface area contributed by atoms with E-state index in [9.17, 15) is 4.79 Å². The Morgan fingerprint density at radius 3 is 3.00 bits per heavy atom. The van der Waals surface area contributed by atoms with Crippen molar-refractivity contribution in [2.24, 2.45) is 0 Å². The molecule has 1 heterocycles. The molecule has 0 fully saturated rings. The van der Waals surface area contributed by atoms with Crippen LogP contribution in [0, 0.1) is 0 Å². The van der Waals surface area contributed by atoms with Crippen LogP contribution in [0.25, 0.3) is 0 Å². The van der Waals surface area contributed by atoms with Gasteiger partial charge in [0.15, 0.2) is 11.5 Å². The SMILES string of the molecule is CON(I)c1cc(C(=O)O)n[nH]1. The molecular formula is C5H6IN3O3. The summed E-state index contributed by atoms with van der Waals surface area (Å²) in [5.41, 5.74) is -0.0382. The molecule has 0 saturated heterocycles. The van der Waals surface area contributed by atoms with Gasteiger partial charge in [-0.25, -0.2) is 4.79 Å². The van der Waals surface area contributed by atoms with Gasteiger partial charge in [0, 0.05) is 6.07 Å². The van der Waals surface area contributed by atoms with E-state index in [-0.39, 0.29) is 5.69 Å². The highest BCUT2D eigenvalue weighted by atomic mass is 127. The maximum absolute atomic E-state index is 10.4. The van der Waals surface area contributed by atoms with Crippen molar-refractivity contribution < 1.29 is 14.7 Å². The third-order valence-corrected chi connectivity index (χ3v) is 2.05. The van der Waals surface area contributed by atoms with Crippen molar-refractivity contribution in [1.29, 1.82) is 0 Å². The fourth-order valence-corrected chi connectivity index (χ4v) is 0.857. The number of hydrogen-bond acceptors (Lipinski definition) is 4. The summed E-state index contributed by atoms with van der Waals surface area (Å²) < 4.78 is 1.34. The number of rotatable bonds is 3. The second kappa shape index (κ2) is 3.72. The number of halogens is 1. The molecular weight excluding hydrogens is 277 g/mol. The van der Waals surface area contributed by atoms with Crippen molar-refractivity contribution in [1.82, 2.24) is 10.2 Å². The Bertz CT molecular complexity index is 287. The van der Waals surface area contributed by atoms with Crippen LogP contribution in [0.2, 0.25) is 0 Å². The van der Waals surface area contributed by atoms with Crippen LogP contribution in [-0.2, 0) is 4.84 Å². The van der Waals surface area contributed by atoms with Crippen LogP contribution in [0.4, 0.5) is 5.82 Å². The second-order valence-electron chi connectivity index (χ2n) is 1.87. The number of nitrogens with zero attached hydrogens (tertiary/aromatic N) is 2. The minimum Gasteiger partial charge on any atom is -0.476 e. The highest BCUT2D eigenvalue weighted by Gasteiger charge is 2.10. The first-order chi connectivity index (χ1) is 5.65. The van der Waals surface area contributed by atoms with E-state index >= 15 is 0 Å². The molecule has 0 saturated carbocycles. The van der Waals surface area contributed by atoms with Crippen molar-refractivity contribution in [2.45, 2.75) is 0 Å². The Kier molecular flexibility index (Phi) is 2.87. The summed E-state index contributed by atoms with van der Waals surface area (Å²) >= 11 is 1.86. The van der Waals surface area contributed by atoms with Gasteiger partial charge >= 0.3 is 5.97 Å². The molecule has 66 valence electrons. The Morgan fingerprint density at radius 1 is 1.92 bits per heavy atom. The lowest BCUT2D eigenvalue weighted by atomic mass is 10.4. The van der Waals surface area contributed by atoms with Gasteiger partial charge in [-0.3, -0.25) is 9.94 Å². The number of aromatic amines is 1. The quantitative estimate of drug-likeness (QED) is 0.488. The fraction of sp³-hybridized carbons (Fsp3) is 0.200. The summed E-state index contributed by atoms with van der Waals surface area (Å²) in [6.45, 7) is 0. The molecule has 12 heavy (non-hydrogen) atoms. The zero-order chi connectivity index (χ0) is 9.14. The average molecular weight is 283 g/mol. The first-order valence-corrected chi connectivity index (χ1v) is 3.90. The van der Waals surface area contributed by atoms with Gasteiger partial charge in [-0.15, -0.1) is 0 Å². The number of aromatic nitrogens is 2. The van der Waals surface area contributed by atoms with E-state index in [1.807, 2.05) is 22.9 Å². The van der Waals surface area contributed by atoms with Gasteiger partial charge < -0.3 is 5.11 Å². The van der Waals surface area contributed by atoms with E-state index in [1.54, 1.807) is 0 Å². The lowest BCUT2D eigenvalue weighted by molar-refractivity contribution is 0.0690. The molecule has 0 atom stereocenters. The smallest absolute Gasteiger partial charge is 0.356 e. The topological polar surface area (TPSA) is 78.4 Å². The minimum atomic E-state index is -1.07. The standard InChI is InChI=1S/C5H6IN3O3/c1-12-9(6)4-2-3(5(10)11)7-8-4/h2H,1H3,(H,7,8)(H,10,11). The van der Waals surface area contributed by atoms with Crippen molar-refractivity contribution in [3.63, 3.8) is 0 Å². The van der Waals surface area contributed by atoms with Crippen molar-refractivity contribution >= 4 is 34.7 Å². The number of carbonyl (C=O) groups is 1. The summed E-state index contributed by atoms with van der Waals surface area (Å²) in [6.07, 6.45) is 0. The van der Waals surface area contributed by atoms with Gasteiger partial charge in [-0.05, 0) is 0 Å². The van der Waals surface area contributed by atoms with Gasteiger partial charge in [0.1, 0.15) is 0 Å². The fourth-order valence-electron chi connectivity index (χ4n) is 0.610. The Morgan fingerprint density at radius 2 is 2.58 bits per heavy atom. The average Bonchev–Trinajstić information content (AvgIpc) is 2.51. The molecule has 0 aliphatic rings. The van der Waals surface area contributed by atoms with Crippen molar-refractivity contribution in [3.05, 3.63) is 11.8 Å². The summed E-state index contributed by atoms with van der Waals surface area (Å²) in [5, 5.41) is 14.5. The predicted octanol–water partition coefficient (Wildman–Crippen LogP) is 0.826. The maximum atomic E-state index is 10.4. The van der Waals surface area contributed by atoms with E-state index in [1.165, 1.54) is 16.5 Å². The molecule has 1 aromatic heterocycles. The van der Waals surface area contributed by atoms with E-state index in [0.717, 1.165) is 0 Å². The van der Waals surface area contributed by atoms with E-state index in [0.29, 0.717) is 5.82 Å². The molecule has 0 aromatic carbocycles.